The van der Waals surface area contributed by atoms with E-state index in [0.29, 0.717) is 11.8 Å². The van der Waals surface area contributed by atoms with Crippen LogP contribution in [0.1, 0.15) is 89.6 Å². The van der Waals surface area contributed by atoms with E-state index in [0.717, 1.165) is 153 Å². The third-order valence-corrected chi connectivity index (χ3v) is 27.0. The zero-order valence-corrected chi connectivity index (χ0v) is 91.1. The summed E-state index contributed by atoms with van der Waals surface area (Å²) in [5, 5.41) is 43.1. The Labute approximate surface area is 874 Å². The average Bonchev–Trinajstić information content (AvgIpc) is 1.61. The van der Waals surface area contributed by atoms with Crippen molar-refractivity contribution in [3.63, 3.8) is 0 Å². The SMILES string of the molecule is CC(C)c1cccc(C(C)C)c1-n1cnnc1-c1[c-]ccc2ncsc12.Cc1cc(-c2ccccc2)cc(C)c1-n1cnnc1-c1[c-]ccc2ncsc12.Cc1cc(C)c(-n2cnnc2-c2[c-]ccc3ncsc23)c(C)c1.Cc1cccc(C)c1-n1cnnc1-c1[c-]ccc2ncsc12.[Ir].[Ir].[Ir].[Ir].[Ir].[c-]1ccc2ncsc2c1-c1nncn1-c1c(-c2ccccc2)cccc1-c1ccccc1. The minimum absolute atomic E-state index is 0. The monoisotopic (exact) mass is 2760 g/mol. The Balaban J connectivity index is 0.000000136. The van der Waals surface area contributed by atoms with Crippen molar-refractivity contribution in [2.24, 2.45) is 0 Å². The van der Waals surface area contributed by atoms with Gasteiger partial charge in [-0.1, -0.05) is 219 Å². The molecule has 0 saturated carbocycles. The molecule has 5 radical (unpaired) electrons. The topological polar surface area (TPSA) is 218 Å². The van der Waals surface area contributed by atoms with Gasteiger partial charge in [0.05, 0.1) is 62.4 Å². The van der Waals surface area contributed by atoms with Crippen molar-refractivity contribution < 1.29 is 101 Å². The van der Waals surface area contributed by atoms with Crippen LogP contribution in [0.2, 0.25) is 0 Å². The van der Waals surface area contributed by atoms with E-state index in [1.165, 1.54) is 66.9 Å². The maximum Gasteiger partial charge on any atom is 0.115 e. The van der Waals surface area contributed by atoms with Gasteiger partial charge in [-0.25, -0.2) is 0 Å². The first-order chi connectivity index (χ1) is 64.1. The zero-order valence-electron chi connectivity index (χ0n) is 75.0. The van der Waals surface area contributed by atoms with E-state index in [1.807, 2.05) is 117 Å². The molecular weight excluding hydrogens is 2670 g/mol. The molecule has 23 aromatic rings. The van der Waals surface area contributed by atoms with Crippen molar-refractivity contribution in [2.45, 2.75) is 88.0 Å². The quantitative estimate of drug-likeness (QED) is 0.0872. The number of benzene rings is 13. The summed E-state index contributed by atoms with van der Waals surface area (Å²) < 4.78 is 15.7. The summed E-state index contributed by atoms with van der Waals surface area (Å²) in [6.45, 7) is 23.7. The van der Waals surface area contributed by atoms with Crippen molar-refractivity contribution in [2.75, 3.05) is 0 Å². The maximum atomic E-state index is 4.52. The van der Waals surface area contributed by atoms with Crippen LogP contribution in [0.25, 0.3) is 170 Å². The van der Waals surface area contributed by atoms with Gasteiger partial charge in [0.2, 0.25) is 0 Å². The second kappa shape index (κ2) is 45.0. The number of rotatable bonds is 15. The molecule has 0 N–H and O–H groups in total. The molecule has 0 aliphatic rings. The molecule has 0 unspecified atom stereocenters. The Hall–Kier alpha value is -11.7. The van der Waals surface area contributed by atoms with E-state index < -0.39 is 0 Å². The van der Waals surface area contributed by atoms with Gasteiger partial charge in [0.15, 0.2) is 0 Å². The number of para-hydroxylation sites is 3. The van der Waals surface area contributed by atoms with Crippen LogP contribution >= 0.6 is 56.7 Å². The van der Waals surface area contributed by atoms with Crippen LogP contribution in [0, 0.1) is 78.8 Å². The molecule has 10 heterocycles. The molecule has 0 atom stereocenters. The molecule has 687 valence electrons. The molecule has 0 spiro atoms. The normalized spacial score (nSPS) is 10.9. The van der Waals surface area contributed by atoms with Crippen molar-refractivity contribution in [1.29, 1.82) is 0 Å². The number of hydrogen-bond donors (Lipinski definition) is 0. The third-order valence-electron chi connectivity index (χ3n) is 22.7. The molecule has 0 bridgehead atoms. The molecule has 10 aromatic heterocycles. The smallest absolute Gasteiger partial charge is 0.115 e. The van der Waals surface area contributed by atoms with E-state index >= 15 is 0 Å². The summed E-state index contributed by atoms with van der Waals surface area (Å²) in [6, 6.07) is 95.4. The Bertz CT molecular complexity index is 7880. The first kappa shape index (κ1) is 100. The summed E-state index contributed by atoms with van der Waals surface area (Å²) in [4.78, 5) is 22.0. The number of fused-ring (bicyclic) bond motifs is 5. The van der Waals surface area contributed by atoms with Crippen LogP contribution in [0.5, 0.6) is 0 Å². The molecule has 23 rings (SSSR count). The van der Waals surface area contributed by atoms with E-state index in [9.17, 15) is 0 Å². The van der Waals surface area contributed by atoms with Crippen molar-refractivity contribution in [3.8, 4) is 119 Å². The van der Waals surface area contributed by atoms with E-state index in [1.54, 1.807) is 82.0 Å². The standard InChI is InChI=1S/C27H17N4S.C23H17N4S.C21H21N4S.C18H15N4S.C17H13N4S.5Ir/c1-3-9-19(10-4-1)21-13-7-14-22(20-11-5-2-6-12-20)25(21)31-17-29-30-27(31)23-15-8-16-24-26(23)32-18-28-24;1-15-11-18(17-7-4-3-5-8-17)12-16(2)21(15)27-13-25-26-23(27)19-9-6-10-20-22(19)28-14-24-20;1-13(2)15-7-5-8-16(14(3)4)19(15)25-11-23-24-21(25)17-9-6-10-18-20(17)26-12-22-18;1-11-7-12(2)16(13(3)8-11)22-9-20-21-18(22)14-5-4-6-15-17(14)23-10-19-15;1-11-5-3-6-12(2)15(11)21-9-19-20-17(21)13-7-4-8-14-16(13)22-10-18-14;;;;;/h1-14,16-18H;3-8,10-14H,1-2H3;5-8,10-14H,1-4H3;4,6-10H,1-3H3;3-6,8-10H,1-2H3;;;;;/q5*-1;;;;;. The summed E-state index contributed by atoms with van der Waals surface area (Å²) in [7, 11) is 0. The predicted octanol–water partition coefficient (Wildman–Crippen LogP) is 26.1. The molecule has 20 nitrogen and oxygen atoms in total. The van der Waals surface area contributed by atoms with Crippen LogP contribution in [0.15, 0.2) is 290 Å². The van der Waals surface area contributed by atoms with Gasteiger partial charge in [0.25, 0.3) is 0 Å². The molecular formula is C106H83Ir5N20S5-5. The molecule has 0 aliphatic carbocycles. The largest absolute Gasteiger partial charge is 0.322 e. The summed E-state index contributed by atoms with van der Waals surface area (Å²) in [5.74, 6) is 4.76. The molecule has 0 fully saturated rings. The fraction of sp³-hybridized carbons (Fsp3) is 0.123. The minimum atomic E-state index is 0. The van der Waals surface area contributed by atoms with Crippen molar-refractivity contribution in [1.82, 2.24) is 98.7 Å². The molecule has 0 aliphatic heterocycles. The molecule has 0 saturated heterocycles. The van der Waals surface area contributed by atoms with Gasteiger partial charge in [0, 0.05) is 134 Å². The van der Waals surface area contributed by atoms with Gasteiger partial charge < -0.3 is 22.8 Å². The van der Waals surface area contributed by atoms with Crippen LogP contribution in [-0.4, -0.2) is 98.7 Å². The second-order valence-corrected chi connectivity index (χ2v) is 36.3. The average molecular weight is 2760 g/mol. The minimum Gasteiger partial charge on any atom is -0.322 e. The fourth-order valence-electron chi connectivity index (χ4n) is 17.0. The van der Waals surface area contributed by atoms with E-state index in [2.05, 4.69) is 352 Å². The van der Waals surface area contributed by atoms with E-state index in [4.69, 9.17) is 0 Å². The number of thiazole rings is 5. The van der Waals surface area contributed by atoms with Gasteiger partial charge in [-0.15, -0.1) is 116 Å². The van der Waals surface area contributed by atoms with Crippen LogP contribution in [0.3, 0.4) is 0 Å². The predicted molar refractivity (Wildman–Crippen MR) is 532 cm³/mol. The maximum absolute atomic E-state index is 4.52. The first-order valence-electron chi connectivity index (χ1n) is 42.5. The first-order valence-corrected chi connectivity index (χ1v) is 46.9. The summed E-state index contributed by atoms with van der Waals surface area (Å²) in [5.41, 5.74) is 42.3. The van der Waals surface area contributed by atoms with Crippen molar-refractivity contribution in [3.05, 3.63) is 370 Å². The molecule has 13 aromatic carbocycles. The van der Waals surface area contributed by atoms with Gasteiger partial charge in [0.1, 0.15) is 31.6 Å². The number of aryl methyl sites for hydroxylation is 7. The van der Waals surface area contributed by atoms with Crippen LogP contribution < -0.4 is 0 Å². The second-order valence-electron chi connectivity index (χ2n) is 32.1. The van der Waals surface area contributed by atoms with Gasteiger partial charge in [-0.05, 0) is 190 Å². The fourth-order valence-corrected chi connectivity index (χ4v) is 20.9. The Morgan fingerprint density at radius 3 is 0.809 bits per heavy atom. The Kier molecular flexibility index (Phi) is 33.2. The number of aromatic nitrogens is 20. The van der Waals surface area contributed by atoms with Gasteiger partial charge in [-0.2, -0.15) is 82.2 Å². The number of nitrogens with zero attached hydrogens (tertiary/aromatic N) is 20. The Morgan fingerprint density at radius 2 is 0.507 bits per heavy atom. The Morgan fingerprint density at radius 1 is 0.250 bits per heavy atom. The zero-order chi connectivity index (χ0) is 89.8. The van der Waals surface area contributed by atoms with Crippen molar-refractivity contribution >= 4 is 108 Å². The van der Waals surface area contributed by atoms with Gasteiger partial charge >= 0.3 is 0 Å². The van der Waals surface area contributed by atoms with Crippen LogP contribution in [-0.2, 0) is 101 Å². The summed E-state index contributed by atoms with van der Waals surface area (Å²) >= 11 is 8.01. The number of hydrogen-bond acceptors (Lipinski definition) is 20. The van der Waals surface area contributed by atoms with Gasteiger partial charge in [-0.3, -0.25) is 24.9 Å². The third kappa shape index (κ3) is 20.5. The van der Waals surface area contributed by atoms with E-state index in [-0.39, 0.29) is 101 Å². The molecule has 0 amide bonds. The molecule has 30 heteroatoms. The van der Waals surface area contributed by atoms with Crippen LogP contribution in [0.4, 0.5) is 0 Å². The molecule has 136 heavy (non-hydrogen) atoms. The summed E-state index contributed by atoms with van der Waals surface area (Å²) in [6.07, 6.45) is 8.92.